The minimum absolute atomic E-state index is 0. The van der Waals surface area contributed by atoms with Gasteiger partial charge in [0.05, 0.1) is 16.5 Å². The normalized spacial score (nSPS) is 10.8. The average molecular weight is 455 g/mol. The van der Waals surface area contributed by atoms with Crippen LogP contribution >= 0.6 is 23.7 Å². The molecule has 0 aliphatic rings. The Kier molecular flexibility index (Phi) is 7.46. The molecule has 0 aliphatic carbocycles. The first-order chi connectivity index (χ1) is 14.5. The number of imidazole rings is 1. The zero-order valence-corrected chi connectivity index (χ0v) is 19.7. The first kappa shape index (κ1) is 23.0. The minimum Gasteiger partial charge on any atom is -0.337 e. The van der Waals surface area contributed by atoms with E-state index in [-0.39, 0.29) is 18.3 Å². The van der Waals surface area contributed by atoms with E-state index in [2.05, 4.69) is 36.2 Å². The van der Waals surface area contributed by atoms with Gasteiger partial charge in [0.1, 0.15) is 0 Å². The lowest BCUT2D eigenvalue weighted by Gasteiger charge is -2.20. The van der Waals surface area contributed by atoms with Crippen molar-refractivity contribution >= 4 is 45.0 Å². The third-order valence-corrected chi connectivity index (χ3v) is 6.22. The first-order valence-corrected chi connectivity index (χ1v) is 11.1. The molecule has 0 saturated carbocycles. The van der Waals surface area contributed by atoms with Crippen LogP contribution in [0.15, 0.2) is 55.1 Å². The number of benzene rings is 2. The molecule has 162 valence electrons. The zero-order chi connectivity index (χ0) is 21.1. The lowest BCUT2D eigenvalue weighted by atomic mass is 10.1. The molecule has 0 radical (unpaired) electrons. The predicted octanol–water partition coefficient (Wildman–Crippen LogP) is 5.83. The topological polar surface area (TPSA) is 51.0 Å². The van der Waals surface area contributed by atoms with Gasteiger partial charge in [-0.2, -0.15) is 0 Å². The molecule has 4 rings (SSSR count). The number of fused-ring (bicyclic) bond motifs is 1. The van der Waals surface area contributed by atoms with E-state index in [1.807, 2.05) is 41.6 Å². The molecule has 0 N–H and O–H groups in total. The fourth-order valence-electron chi connectivity index (χ4n) is 3.76. The molecule has 2 aromatic heterocycles. The molecule has 2 aromatic carbocycles. The zero-order valence-electron chi connectivity index (χ0n) is 18.0. The molecule has 0 unspecified atom stereocenters. The Balaban J connectivity index is 0.00000272. The number of aromatic nitrogens is 3. The molecule has 5 nitrogen and oxygen atoms in total. The van der Waals surface area contributed by atoms with Gasteiger partial charge < -0.3 is 4.57 Å². The third-order valence-electron chi connectivity index (χ3n) is 5.17. The number of carbonyl (C=O) groups excluding carboxylic acids is 1. The molecule has 0 fully saturated rings. The summed E-state index contributed by atoms with van der Waals surface area (Å²) in [5, 5.41) is 0.765. The summed E-state index contributed by atoms with van der Waals surface area (Å²) in [5.41, 5.74) is 5.12. The number of aryl methyl sites for hydroxylation is 4. The summed E-state index contributed by atoms with van der Waals surface area (Å²) in [7, 11) is 0. The maximum atomic E-state index is 13.5. The van der Waals surface area contributed by atoms with Crippen LogP contribution in [0.4, 0.5) is 5.13 Å². The fraction of sp³-hybridized carbons (Fsp3) is 0.292. The quantitative estimate of drug-likeness (QED) is 0.353. The molecule has 0 aliphatic heterocycles. The van der Waals surface area contributed by atoms with E-state index >= 15 is 0 Å². The van der Waals surface area contributed by atoms with Crippen LogP contribution in [-0.4, -0.2) is 27.0 Å². The second-order valence-electron chi connectivity index (χ2n) is 7.60. The summed E-state index contributed by atoms with van der Waals surface area (Å²) in [5.74, 6) is 0.00420. The summed E-state index contributed by atoms with van der Waals surface area (Å²) < 4.78 is 3.16. The highest BCUT2D eigenvalue weighted by molar-refractivity contribution is 7.22. The van der Waals surface area contributed by atoms with Crippen LogP contribution in [0.25, 0.3) is 10.2 Å². The Bertz CT molecular complexity index is 1150. The largest absolute Gasteiger partial charge is 0.337 e. The number of rotatable bonds is 7. The number of anilines is 1. The Hall–Kier alpha value is -2.70. The van der Waals surface area contributed by atoms with Crippen LogP contribution in [0.2, 0.25) is 0 Å². The van der Waals surface area contributed by atoms with Crippen molar-refractivity contribution in [2.75, 3.05) is 11.4 Å². The monoisotopic (exact) mass is 454 g/mol. The van der Waals surface area contributed by atoms with E-state index in [1.54, 1.807) is 23.9 Å². The van der Waals surface area contributed by atoms with Crippen LogP contribution in [0.3, 0.4) is 0 Å². The maximum absolute atomic E-state index is 13.5. The summed E-state index contributed by atoms with van der Waals surface area (Å²) in [6, 6.07) is 12.3. The number of halogens is 1. The summed E-state index contributed by atoms with van der Waals surface area (Å²) in [4.78, 5) is 24.4. The summed E-state index contributed by atoms with van der Waals surface area (Å²) in [6.45, 7) is 7.60. The van der Waals surface area contributed by atoms with Gasteiger partial charge in [-0.05, 0) is 50.5 Å². The van der Waals surface area contributed by atoms with E-state index in [0.717, 1.165) is 45.9 Å². The van der Waals surface area contributed by atoms with Gasteiger partial charge in [-0.3, -0.25) is 9.69 Å². The maximum Gasteiger partial charge on any atom is 0.260 e. The van der Waals surface area contributed by atoms with Crippen LogP contribution in [-0.2, 0) is 13.0 Å². The van der Waals surface area contributed by atoms with Gasteiger partial charge in [0.2, 0.25) is 0 Å². The van der Waals surface area contributed by atoms with Gasteiger partial charge in [0.25, 0.3) is 5.91 Å². The van der Waals surface area contributed by atoms with Crippen LogP contribution in [0.5, 0.6) is 0 Å². The lowest BCUT2D eigenvalue weighted by molar-refractivity contribution is 0.0986. The van der Waals surface area contributed by atoms with Crippen LogP contribution in [0, 0.1) is 13.8 Å². The standard InChI is InChI=1S/C24H26N4OS.ClH/c1-4-19-7-5-8-21-22(19)26-24(30-21)28(11-6-10-27-12-9-25-16-27)23(29)20-14-17(2)13-18(3)15-20;/h5,7-9,12-16H,4,6,10-11H2,1-3H3;1H. The van der Waals surface area contributed by atoms with Crippen molar-refractivity contribution in [3.63, 3.8) is 0 Å². The second-order valence-corrected chi connectivity index (χ2v) is 8.61. The Labute approximate surface area is 193 Å². The highest BCUT2D eigenvalue weighted by atomic mass is 35.5. The van der Waals surface area contributed by atoms with Crippen molar-refractivity contribution in [2.45, 2.75) is 40.2 Å². The molecule has 7 heteroatoms. The van der Waals surface area contributed by atoms with Gasteiger partial charge in [-0.1, -0.05) is 47.6 Å². The van der Waals surface area contributed by atoms with E-state index in [4.69, 9.17) is 4.98 Å². The van der Waals surface area contributed by atoms with Crippen molar-refractivity contribution in [3.05, 3.63) is 77.4 Å². The van der Waals surface area contributed by atoms with Crippen molar-refractivity contribution in [1.82, 2.24) is 14.5 Å². The Morgan fingerprint density at radius 1 is 1.16 bits per heavy atom. The third kappa shape index (κ3) is 5.14. The molecule has 0 bridgehead atoms. The first-order valence-electron chi connectivity index (χ1n) is 10.3. The lowest BCUT2D eigenvalue weighted by Crippen LogP contribution is -2.32. The molecule has 4 aromatic rings. The molecule has 0 saturated heterocycles. The molecule has 31 heavy (non-hydrogen) atoms. The predicted molar refractivity (Wildman–Crippen MR) is 131 cm³/mol. The van der Waals surface area contributed by atoms with Gasteiger partial charge in [0.15, 0.2) is 5.13 Å². The van der Waals surface area contributed by atoms with Gasteiger partial charge in [-0.25, -0.2) is 9.97 Å². The smallest absolute Gasteiger partial charge is 0.260 e. The highest BCUT2D eigenvalue weighted by Crippen LogP contribution is 2.32. The van der Waals surface area contributed by atoms with E-state index in [9.17, 15) is 4.79 Å². The van der Waals surface area contributed by atoms with Crippen molar-refractivity contribution < 1.29 is 4.79 Å². The number of thiazole rings is 1. The van der Waals surface area contributed by atoms with E-state index in [0.29, 0.717) is 12.1 Å². The summed E-state index contributed by atoms with van der Waals surface area (Å²) >= 11 is 1.59. The number of hydrogen-bond donors (Lipinski definition) is 0. The number of para-hydroxylation sites is 1. The van der Waals surface area contributed by atoms with Gasteiger partial charge in [0, 0.05) is 31.0 Å². The number of amides is 1. The van der Waals surface area contributed by atoms with E-state index in [1.165, 1.54) is 5.56 Å². The highest BCUT2D eigenvalue weighted by Gasteiger charge is 2.22. The number of nitrogens with zero attached hydrogens (tertiary/aromatic N) is 4. The minimum atomic E-state index is 0. The molecular formula is C24H27ClN4OS. The van der Waals surface area contributed by atoms with Gasteiger partial charge >= 0.3 is 0 Å². The number of hydrogen-bond acceptors (Lipinski definition) is 4. The molecule has 1 amide bonds. The fourth-order valence-corrected chi connectivity index (χ4v) is 4.80. The summed E-state index contributed by atoms with van der Waals surface area (Å²) in [6.07, 6.45) is 7.27. The Morgan fingerprint density at radius 3 is 2.61 bits per heavy atom. The molecular weight excluding hydrogens is 428 g/mol. The van der Waals surface area contributed by atoms with Crippen molar-refractivity contribution in [1.29, 1.82) is 0 Å². The molecule has 2 heterocycles. The SMILES string of the molecule is CCc1cccc2sc(N(CCCn3ccnc3)C(=O)c3cc(C)cc(C)c3)nc12.Cl. The van der Waals surface area contributed by atoms with Crippen LogP contribution in [0.1, 0.15) is 40.4 Å². The average Bonchev–Trinajstić information content (AvgIpc) is 3.39. The van der Waals surface area contributed by atoms with Gasteiger partial charge in [-0.15, -0.1) is 12.4 Å². The van der Waals surface area contributed by atoms with Crippen molar-refractivity contribution in [3.8, 4) is 0 Å². The second kappa shape index (κ2) is 10.1. The molecule has 0 spiro atoms. The van der Waals surface area contributed by atoms with Crippen molar-refractivity contribution in [2.24, 2.45) is 0 Å². The molecule has 0 atom stereocenters. The van der Waals surface area contributed by atoms with Crippen LogP contribution < -0.4 is 4.90 Å². The van der Waals surface area contributed by atoms with E-state index < -0.39 is 0 Å². The number of carbonyl (C=O) groups is 1. The Morgan fingerprint density at radius 2 is 1.94 bits per heavy atom.